The highest BCUT2D eigenvalue weighted by molar-refractivity contribution is 5.95. The average molecular weight is 338 g/mol. The molecule has 5 heteroatoms. The predicted molar refractivity (Wildman–Crippen MR) is 95.2 cm³/mol. The number of carbonyl (C=O) groups excluding carboxylic acids is 2. The number of benzene rings is 2. The molecule has 3 N–H and O–H groups in total. The van der Waals surface area contributed by atoms with E-state index in [4.69, 9.17) is 10.5 Å². The monoisotopic (exact) mass is 338 g/mol. The van der Waals surface area contributed by atoms with Gasteiger partial charge in [0.25, 0.3) is 11.8 Å². The summed E-state index contributed by atoms with van der Waals surface area (Å²) in [7, 11) is 0. The summed E-state index contributed by atoms with van der Waals surface area (Å²) in [5.74, 6) is 0.0105. The van der Waals surface area contributed by atoms with E-state index in [1.807, 2.05) is 6.92 Å². The summed E-state index contributed by atoms with van der Waals surface area (Å²) in [4.78, 5) is 23.7. The number of carbonyl (C=O) groups is 2. The number of nitrogens with one attached hydrogen (secondary N) is 1. The van der Waals surface area contributed by atoms with Crippen LogP contribution in [0.4, 0.5) is 0 Å². The minimum absolute atomic E-state index is 0.00286. The Morgan fingerprint density at radius 1 is 1.16 bits per heavy atom. The molecule has 0 saturated heterocycles. The van der Waals surface area contributed by atoms with E-state index >= 15 is 0 Å². The Kier molecular flexibility index (Phi) is 5.03. The molecule has 25 heavy (non-hydrogen) atoms. The molecule has 1 aliphatic rings. The number of rotatable bonds is 7. The summed E-state index contributed by atoms with van der Waals surface area (Å²) in [5, 5.41) is 3.05. The van der Waals surface area contributed by atoms with E-state index in [0.29, 0.717) is 11.7 Å². The predicted octanol–water partition coefficient (Wildman–Crippen LogP) is 2.74. The van der Waals surface area contributed by atoms with E-state index in [1.165, 1.54) is 5.56 Å². The van der Waals surface area contributed by atoms with Gasteiger partial charge in [0.1, 0.15) is 5.75 Å². The molecule has 1 fully saturated rings. The van der Waals surface area contributed by atoms with E-state index in [-0.39, 0.29) is 24.1 Å². The number of hydrogen-bond donors (Lipinski definition) is 2. The van der Waals surface area contributed by atoms with Gasteiger partial charge in [-0.1, -0.05) is 42.0 Å². The Hall–Kier alpha value is -2.82. The first-order valence-electron chi connectivity index (χ1n) is 8.42. The zero-order valence-corrected chi connectivity index (χ0v) is 14.2. The van der Waals surface area contributed by atoms with E-state index in [2.05, 4.69) is 29.6 Å². The number of primary amides is 1. The molecule has 1 saturated carbocycles. The van der Waals surface area contributed by atoms with E-state index < -0.39 is 5.91 Å². The van der Waals surface area contributed by atoms with Crippen molar-refractivity contribution in [2.75, 3.05) is 6.61 Å². The molecule has 3 rings (SSSR count). The normalized spacial score (nSPS) is 14.6. The molecule has 1 atom stereocenters. The highest BCUT2D eigenvalue weighted by Gasteiger charge is 2.33. The average Bonchev–Trinajstić information content (AvgIpc) is 3.44. The van der Waals surface area contributed by atoms with Crippen LogP contribution in [0.5, 0.6) is 5.75 Å². The van der Waals surface area contributed by atoms with Crippen molar-refractivity contribution in [1.82, 2.24) is 5.32 Å². The summed E-state index contributed by atoms with van der Waals surface area (Å²) >= 11 is 0. The number of amides is 2. The fourth-order valence-corrected chi connectivity index (χ4v) is 2.83. The standard InChI is InChI=1S/C20H22N2O3/c1-13-6-8-14(9-7-13)19(15-10-11-15)22-18(23)12-25-17-5-3-2-4-16(17)20(21)24/h2-9,15,19H,10-12H2,1H3,(H2,21,24)(H,22,23)/t19-/m0/s1. The fraction of sp³-hybridized carbons (Fsp3) is 0.300. The summed E-state index contributed by atoms with van der Waals surface area (Å²) in [5.41, 5.74) is 7.89. The topological polar surface area (TPSA) is 81.4 Å². The number of nitrogens with two attached hydrogens (primary N) is 1. The smallest absolute Gasteiger partial charge is 0.258 e. The maximum absolute atomic E-state index is 12.3. The third-order valence-corrected chi connectivity index (χ3v) is 4.36. The molecule has 130 valence electrons. The highest BCUT2D eigenvalue weighted by atomic mass is 16.5. The van der Waals surface area contributed by atoms with Gasteiger partial charge in [0.15, 0.2) is 6.61 Å². The Labute approximate surface area is 147 Å². The summed E-state index contributed by atoms with van der Waals surface area (Å²) < 4.78 is 5.50. The van der Waals surface area contributed by atoms with Gasteiger partial charge in [0.05, 0.1) is 11.6 Å². The van der Waals surface area contributed by atoms with Crippen molar-refractivity contribution in [2.24, 2.45) is 11.7 Å². The van der Waals surface area contributed by atoms with Crippen molar-refractivity contribution in [2.45, 2.75) is 25.8 Å². The molecule has 0 radical (unpaired) electrons. The van der Waals surface area contributed by atoms with Crippen molar-refractivity contribution in [3.8, 4) is 5.75 Å². The van der Waals surface area contributed by atoms with Gasteiger partial charge >= 0.3 is 0 Å². The molecule has 2 amide bonds. The van der Waals surface area contributed by atoms with Gasteiger partial charge in [-0.15, -0.1) is 0 Å². The molecule has 0 aromatic heterocycles. The molecule has 0 bridgehead atoms. The molecule has 2 aromatic rings. The van der Waals surface area contributed by atoms with Gasteiger partial charge in [-0.05, 0) is 43.4 Å². The van der Waals surface area contributed by atoms with Gasteiger partial charge in [-0.25, -0.2) is 0 Å². The van der Waals surface area contributed by atoms with Crippen LogP contribution in [-0.2, 0) is 4.79 Å². The lowest BCUT2D eigenvalue weighted by Gasteiger charge is -2.19. The number of aryl methyl sites for hydroxylation is 1. The maximum Gasteiger partial charge on any atom is 0.258 e. The van der Waals surface area contributed by atoms with Crippen molar-refractivity contribution in [3.63, 3.8) is 0 Å². The fourth-order valence-electron chi connectivity index (χ4n) is 2.83. The lowest BCUT2D eigenvalue weighted by atomic mass is 10.0. The lowest BCUT2D eigenvalue weighted by molar-refractivity contribution is -0.124. The third kappa shape index (κ3) is 4.38. The Morgan fingerprint density at radius 2 is 1.84 bits per heavy atom. The Balaban J connectivity index is 1.63. The second-order valence-electron chi connectivity index (χ2n) is 6.44. The van der Waals surface area contributed by atoms with Gasteiger partial charge in [0, 0.05) is 0 Å². The molecular formula is C20H22N2O3. The molecule has 0 aliphatic heterocycles. The molecule has 2 aromatic carbocycles. The van der Waals surface area contributed by atoms with Crippen LogP contribution in [-0.4, -0.2) is 18.4 Å². The molecule has 5 nitrogen and oxygen atoms in total. The third-order valence-electron chi connectivity index (χ3n) is 4.36. The molecule has 1 aliphatic carbocycles. The zero-order chi connectivity index (χ0) is 17.8. The van der Waals surface area contributed by atoms with Crippen LogP contribution in [0.3, 0.4) is 0 Å². The number of para-hydroxylation sites is 1. The van der Waals surface area contributed by atoms with E-state index in [9.17, 15) is 9.59 Å². The quantitative estimate of drug-likeness (QED) is 0.814. The van der Waals surface area contributed by atoms with Crippen LogP contribution in [0.2, 0.25) is 0 Å². The van der Waals surface area contributed by atoms with Crippen molar-refractivity contribution >= 4 is 11.8 Å². The lowest BCUT2D eigenvalue weighted by Crippen LogP contribution is -2.34. The van der Waals surface area contributed by atoms with Crippen LogP contribution in [0.15, 0.2) is 48.5 Å². The first kappa shape index (κ1) is 17.0. The minimum Gasteiger partial charge on any atom is -0.483 e. The summed E-state index contributed by atoms with van der Waals surface area (Å²) in [6.45, 7) is 1.89. The van der Waals surface area contributed by atoms with Gasteiger partial charge in [-0.2, -0.15) is 0 Å². The van der Waals surface area contributed by atoms with Crippen LogP contribution < -0.4 is 15.8 Å². The Morgan fingerprint density at radius 3 is 2.48 bits per heavy atom. The van der Waals surface area contributed by atoms with Crippen LogP contribution in [0.25, 0.3) is 0 Å². The molecule has 0 unspecified atom stereocenters. The minimum atomic E-state index is -0.577. The van der Waals surface area contributed by atoms with Crippen molar-refractivity contribution in [3.05, 3.63) is 65.2 Å². The molecule has 0 spiro atoms. The van der Waals surface area contributed by atoms with Crippen LogP contribution in [0, 0.1) is 12.8 Å². The SMILES string of the molecule is Cc1ccc([C@H](NC(=O)COc2ccccc2C(N)=O)C2CC2)cc1. The van der Waals surface area contributed by atoms with Gasteiger partial charge < -0.3 is 15.8 Å². The Bertz CT molecular complexity index is 767. The zero-order valence-electron chi connectivity index (χ0n) is 14.2. The van der Waals surface area contributed by atoms with E-state index in [1.54, 1.807) is 24.3 Å². The number of ether oxygens (including phenoxy) is 1. The van der Waals surface area contributed by atoms with Crippen molar-refractivity contribution in [1.29, 1.82) is 0 Å². The second kappa shape index (κ2) is 7.38. The van der Waals surface area contributed by atoms with Crippen molar-refractivity contribution < 1.29 is 14.3 Å². The van der Waals surface area contributed by atoms with Crippen LogP contribution >= 0.6 is 0 Å². The van der Waals surface area contributed by atoms with E-state index in [0.717, 1.165) is 18.4 Å². The first-order chi connectivity index (χ1) is 12.0. The highest BCUT2D eigenvalue weighted by Crippen LogP contribution is 2.41. The molecule has 0 heterocycles. The molecular weight excluding hydrogens is 316 g/mol. The summed E-state index contributed by atoms with van der Waals surface area (Å²) in [6, 6.07) is 14.9. The largest absolute Gasteiger partial charge is 0.483 e. The van der Waals surface area contributed by atoms with Gasteiger partial charge in [-0.3, -0.25) is 9.59 Å². The maximum atomic E-state index is 12.3. The van der Waals surface area contributed by atoms with Crippen LogP contribution in [0.1, 0.15) is 40.4 Å². The second-order valence-corrected chi connectivity index (χ2v) is 6.44. The number of hydrogen-bond acceptors (Lipinski definition) is 3. The first-order valence-corrected chi connectivity index (χ1v) is 8.42. The van der Waals surface area contributed by atoms with Gasteiger partial charge in [0.2, 0.25) is 0 Å². The summed E-state index contributed by atoms with van der Waals surface area (Å²) in [6.07, 6.45) is 2.23.